The molecule has 0 saturated carbocycles. The predicted molar refractivity (Wildman–Crippen MR) is 134 cm³/mol. The van der Waals surface area contributed by atoms with Crippen molar-refractivity contribution in [2.24, 2.45) is 0 Å². The maximum Gasteiger partial charge on any atom is 0.263 e. The number of halogens is 2. The molecule has 0 saturated heterocycles. The molecule has 2 amide bonds. The van der Waals surface area contributed by atoms with E-state index in [-0.39, 0.29) is 22.0 Å². The Morgan fingerprint density at radius 2 is 1.75 bits per heavy atom. The second-order valence-electron chi connectivity index (χ2n) is 7.89. The van der Waals surface area contributed by atoms with Crippen LogP contribution >= 0.6 is 23.2 Å². The zero-order chi connectivity index (χ0) is 26.0. The molecule has 1 atom stereocenters. The summed E-state index contributed by atoms with van der Waals surface area (Å²) in [6, 6.07) is 15.3. The number of methoxy groups -OCH3 is 1. The van der Waals surface area contributed by atoms with Crippen molar-refractivity contribution in [3.63, 3.8) is 0 Å². The van der Waals surface area contributed by atoms with Crippen LogP contribution in [0.5, 0.6) is 5.75 Å². The van der Waals surface area contributed by atoms with Crippen LogP contribution in [0.25, 0.3) is 0 Å². The molecule has 0 fully saturated rings. The van der Waals surface area contributed by atoms with Crippen molar-refractivity contribution in [3.8, 4) is 5.75 Å². The van der Waals surface area contributed by atoms with Gasteiger partial charge in [0.1, 0.15) is 11.8 Å². The van der Waals surface area contributed by atoms with Crippen molar-refractivity contribution in [1.29, 1.82) is 0 Å². The van der Waals surface area contributed by atoms with E-state index in [0.29, 0.717) is 22.0 Å². The third-order valence-electron chi connectivity index (χ3n) is 5.80. The Morgan fingerprint density at radius 3 is 2.39 bits per heavy atom. The number of nitrogens with zero attached hydrogens (tertiary/aromatic N) is 2. The lowest BCUT2D eigenvalue weighted by molar-refractivity contribution is -0.133. The zero-order valence-corrected chi connectivity index (χ0v) is 21.2. The minimum atomic E-state index is -4.26. The minimum Gasteiger partial charge on any atom is -0.497 e. The van der Waals surface area contributed by atoms with E-state index in [4.69, 9.17) is 27.9 Å². The number of anilines is 1. The van der Waals surface area contributed by atoms with Gasteiger partial charge in [-0.05, 0) is 54.1 Å². The summed E-state index contributed by atoms with van der Waals surface area (Å²) in [6.45, 7) is -0.628. The number of fused-ring (bicyclic) bond motifs is 1. The highest BCUT2D eigenvalue weighted by Gasteiger charge is 2.41. The molecule has 3 aromatic rings. The van der Waals surface area contributed by atoms with Crippen molar-refractivity contribution < 1.29 is 28.0 Å². The molecule has 1 aliphatic rings. The lowest BCUT2D eigenvalue weighted by Gasteiger charge is -2.29. The molecule has 0 aromatic heterocycles. The predicted octanol–water partition coefficient (Wildman–Crippen LogP) is 3.73. The summed E-state index contributed by atoms with van der Waals surface area (Å²) in [6.07, 6.45) is 0. The molecule has 0 bridgehead atoms. The second kappa shape index (κ2) is 10.5. The highest BCUT2D eigenvalue weighted by atomic mass is 35.5. The molecule has 2 N–H and O–H groups in total. The first kappa shape index (κ1) is 25.9. The Morgan fingerprint density at radius 1 is 1.06 bits per heavy atom. The van der Waals surface area contributed by atoms with Gasteiger partial charge in [0.05, 0.1) is 29.1 Å². The van der Waals surface area contributed by atoms with Crippen LogP contribution in [-0.4, -0.2) is 49.4 Å². The van der Waals surface area contributed by atoms with Crippen LogP contribution in [0.2, 0.25) is 10.0 Å². The smallest absolute Gasteiger partial charge is 0.263 e. The topological polar surface area (TPSA) is 116 Å². The number of rotatable bonds is 5. The molecule has 0 spiro atoms. The van der Waals surface area contributed by atoms with Crippen LogP contribution in [0.3, 0.4) is 0 Å². The van der Waals surface area contributed by atoms with E-state index >= 15 is 0 Å². The number of hydrogen-bond acceptors (Lipinski definition) is 6. The molecule has 1 aliphatic heterocycles. The molecule has 4 rings (SSSR count). The van der Waals surface area contributed by atoms with Crippen molar-refractivity contribution in [1.82, 2.24) is 9.79 Å². The van der Waals surface area contributed by atoms with Gasteiger partial charge in [-0.3, -0.25) is 14.8 Å². The van der Waals surface area contributed by atoms with Gasteiger partial charge in [-0.25, -0.2) is 13.9 Å². The molecule has 1 heterocycles. The molecule has 9 nitrogen and oxygen atoms in total. The number of hydrogen-bond donors (Lipinski definition) is 2. The van der Waals surface area contributed by atoms with Gasteiger partial charge in [-0.2, -0.15) is 4.31 Å². The van der Waals surface area contributed by atoms with Gasteiger partial charge >= 0.3 is 0 Å². The van der Waals surface area contributed by atoms with Crippen molar-refractivity contribution in [2.75, 3.05) is 18.6 Å². The molecule has 3 aromatic carbocycles. The number of ether oxygens (including phenoxy) is 1. The first-order valence-electron chi connectivity index (χ1n) is 10.6. The first-order valence-corrected chi connectivity index (χ1v) is 12.8. The maximum absolute atomic E-state index is 13.7. The zero-order valence-electron chi connectivity index (χ0n) is 18.9. The molecule has 1 unspecified atom stereocenters. The van der Waals surface area contributed by atoms with Crippen molar-refractivity contribution in [2.45, 2.75) is 17.5 Å². The van der Waals surface area contributed by atoms with Crippen LogP contribution in [-0.2, 0) is 21.4 Å². The Labute approximate surface area is 217 Å². The summed E-state index contributed by atoms with van der Waals surface area (Å²) in [5.74, 6) is -1.11. The molecule has 0 radical (unpaired) electrons. The summed E-state index contributed by atoms with van der Waals surface area (Å²) < 4.78 is 33.5. The summed E-state index contributed by atoms with van der Waals surface area (Å²) >= 11 is 12.2. The van der Waals surface area contributed by atoms with Gasteiger partial charge in [-0.1, -0.05) is 41.4 Å². The number of carbonyl (C=O) groups is 2. The van der Waals surface area contributed by atoms with Crippen LogP contribution in [0.4, 0.5) is 5.69 Å². The Hall–Kier alpha value is -3.15. The largest absolute Gasteiger partial charge is 0.497 e. The number of carbonyl (C=O) groups excluding carboxylic acids is 2. The molecule has 36 heavy (non-hydrogen) atoms. The Kier molecular flexibility index (Phi) is 7.53. The molecule has 12 heteroatoms. The minimum absolute atomic E-state index is 0.0861. The summed E-state index contributed by atoms with van der Waals surface area (Å²) in [5, 5.41) is 9.89. The van der Waals surface area contributed by atoms with Gasteiger partial charge in [0, 0.05) is 17.3 Å². The maximum atomic E-state index is 13.7. The van der Waals surface area contributed by atoms with Crippen molar-refractivity contribution >= 4 is 50.7 Å². The van der Waals surface area contributed by atoms with E-state index in [2.05, 4.69) is 0 Å². The summed E-state index contributed by atoms with van der Waals surface area (Å²) in [4.78, 5) is 27.6. The lowest BCUT2D eigenvalue weighted by Crippen LogP contribution is -2.53. The third-order valence-corrected chi connectivity index (χ3v) is 8.21. The van der Waals surface area contributed by atoms with Gasteiger partial charge in [0.2, 0.25) is 10.0 Å². The SMILES string of the molecule is COc1ccc(S(=O)(=O)N2Cc3ccccc3N(C(=O)c3ccc(Cl)cc3Cl)CC2C(=O)NO)cc1. The van der Waals surface area contributed by atoms with E-state index < -0.39 is 34.4 Å². The normalized spacial score (nSPS) is 16.1. The van der Waals surface area contributed by atoms with Crippen molar-refractivity contribution in [3.05, 3.63) is 87.9 Å². The highest BCUT2D eigenvalue weighted by Crippen LogP contribution is 2.33. The number of sulfonamides is 1. The molecule has 188 valence electrons. The number of benzene rings is 3. The highest BCUT2D eigenvalue weighted by molar-refractivity contribution is 7.89. The van der Waals surface area contributed by atoms with Crippen LogP contribution in [0, 0.1) is 0 Å². The quantitative estimate of drug-likeness (QED) is 0.370. The number of para-hydroxylation sites is 1. The summed E-state index contributed by atoms with van der Waals surface area (Å²) in [7, 11) is -2.81. The number of amides is 2. The van der Waals surface area contributed by atoms with Gasteiger partial charge in [-0.15, -0.1) is 0 Å². The summed E-state index contributed by atoms with van der Waals surface area (Å²) in [5.41, 5.74) is 2.52. The van der Waals surface area contributed by atoms with E-state index in [1.807, 2.05) is 0 Å². The molecular weight excluding hydrogens is 529 g/mol. The van der Waals surface area contributed by atoms with Gasteiger partial charge < -0.3 is 9.64 Å². The van der Waals surface area contributed by atoms with Crippen LogP contribution < -0.4 is 15.1 Å². The monoisotopic (exact) mass is 549 g/mol. The fraction of sp³-hybridized carbons (Fsp3) is 0.167. The van der Waals surface area contributed by atoms with E-state index in [1.54, 1.807) is 24.3 Å². The van der Waals surface area contributed by atoms with Crippen LogP contribution in [0.15, 0.2) is 71.6 Å². The fourth-order valence-corrected chi connectivity index (χ4v) is 6.02. The Bertz CT molecular complexity index is 1420. The molecular formula is C24H21Cl2N3O6S. The van der Waals surface area contributed by atoms with Gasteiger partial charge in [0.25, 0.3) is 11.8 Å². The Balaban J connectivity index is 1.84. The van der Waals surface area contributed by atoms with Crippen LogP contribution in [0.1, 0.15) is 15.9 Å². The average molecular weight is 550 g/mol. The van der Waals surface area contributed by atoms with E-state index in [1.165, 1.54) is 60.0 Å². The van der Waals surface area contributed by atoms with E-state index in [0.717, 1.165) is 4.31 Å². The molecule has 0 aliphatic carbocycles. The first-order chi connectivity index (χ1) is 17.2. The average Bonchev–Trinajstić information content (AvgIpc) is 3.06. The third kappa shape index (κ3) is 4.91. The standard InChI is InChI=1S/C24H21Cl2N3O6S/c1-35-17-7-9-18(10-8-17)36(33,34)29-13-15-4-2-3-5-21(15)28(14-22(29)23(30)27-32)24(31)19-11-6-16(25)12-20(19)26/h2-12,22,32H,13-14H2,1H3,(H,27,30). The second-order valence-corrected chi connectivity index (χ2v) is 10.6. The number of hydroxylamine groups is 1. The fourth-order valence-electron chi connectivity index (χ4n) is 3.97. The van der Waals surface area contributed by atoms with E-state index in [9.17, 15) is 23.2 Å². The van der Waals surface area contributed by atoms with Gasteiger partial charge in [0.15, 0.2) is 0 Å². The number of nitrogens with one attached hydrogen (secondary N) is 1. The lowest BCUT2D eigenvalue weighted by atomic mass is 10.1.